The number of hydrogen-bond acceptors (Lipinski definition) is 4. The van der Waals surface area contributed by atoms with Crippen LogP contribution in [0.5, 0.6) is 0 Å². The number of nitrogens with zero attached hydrogens (tertiary/aromatic N) is 5. The van der Waals surface area contributed by atoms with E-state index in [2.05, 4.69) is 32.2 Å². The van der Waals surface area contributed by atoms with Crippen molar-refractivity contribution in [3.63, 3.8) is 0 Å². The fourth-order valence-corrected chi connectivity index (χ4v) is 3.75. The van der Waals surface area contributed by atoms with Crippen molar-refractivity contribution in [1.29, 1.82) is 0 Å². The summed E-state index contributed by atoms with van der Waals surface area (Å²) in [5.41, 5.74) is 1.21. The second-order valence-corrected chi connectivity index (χ2v) is 7.37. The first-order valence-corrected chi connectivity index (χ1v) is 10.4. The van der Waals surface area contributed by atoms with Gasteiger partial charge in [0.15, 0.2) is 5.96 Å². The highest BCUT2D eigenvalue weighted by atomic mass is 127. The number of carbonyl (C=O) groups excluding carboxylic acids is 2. The molecule has 0 aliphatic carbocycles. The number of carbonyl (C=O) groups is 2. The molecule has 0 aromatic heterocycles. The van der Waals surface area contributed by atoms with E-state index in [-0.39, 0.29) is 42.3 Å². The quantitative estimate of drug-likeness (QED) is 0.360. The third kappa shape index (κ3) is 6.48. The van der Waals surface area contributed by atoms with E-state index in [1.807, 2.05) is 34.9 Å². The van der Waals surface area contributed by atoms with E-state index in [1.165, 1.54) is 5.69 Å². The monoisotopic (exact) mass is 528 g/mol. The average molecular weight is 528 g/mol. The molecular formula is C21H33IN6O2. The number of halogens is 1. The highest BCUT2D eigenvalue weighted by Crippen LogP contribution is 2.15. The highest BCUT2D eigenvalue weighted by molar-refractivity contribution is 14.0. The van der Waals surface area contributed by atoms with Crippen molar-refractivity contribution in [1.82, 2.24) is 20.0 Å². The maximum atomic E-state index is 12.7. The van der Waals surface area contributed by atoms with Crippen molar-refractivity contribution < 1.29 is 9.59 Å². The standard InChI is InChI=1S/C21H32N6O2.HI/c1-3-22-21(27-15-9-24(10-16-27)18(2)28)23-17-20(29)26-13-11-25(12-14-26)19-7-5-4-6-8-19;/h4-8H,3,9-17H2,1-2H3,(H,22,23);1H. The summed E-state index contributed by atoms with van der Waals surface area (Å²) in [6, 6.07) is 10.3. The Hall–Kier alpha value is -2.04. The van der Waals surface area contributed by atoms with Crippen LogP contribution >= 0.6 is 24.0 Å². The third-order valence-corrected chi connectivity index (χ3v) is 5.48. The van der Waals surface area contributed by atoms with Gasteiger partial charge in [-0.1, -0.05) is 18.2 Å². The minimum absolute atomic E-state index is 0. The maximum Gasteiger partial charge on any atom is 0.244 e. The largest absolute Gasteiger partial charge is 0.368 e. The molecule has 8 nitrogen and oxygen atoms in total. The highest BCUT2D eigenvalue weighted by Gasteiger charge is 2.23. The third-order valence-electron chi connectivity index (χ3n) is 5.48. The zero-order valence-corrected chi connectivity index (χ0v) is 20.2. The van der Waals surface area contributed by atoms with E-state index in [4.69, 9.17) is 0 Å². The minimum atomic E-state index is 0. The van der Waals surface area contributed by atoms with Gasteiger partial charge in [-0.25, -0.2) is 4.99 Å². The molecule has 0 unspecified atom stereocenters. The van der Waals surface area contributed by atoms with Crippen LogP contribution in [0.15, 0.2) is 35.3 Å². The summed E-state index contributed by atoms with van der Waals surface area (Å²) >= 11 is 0. The molecule has 30 heavy (non-hydrogen) atoms. The van der Waals surface area contributed by atoms with Crippen molar-refractivity contribution in [3.8, 4) is 0 Å². The van der Waals surface area contributed by atoms with Gasteiger partial charge in [0.2, 0.25) is 11.8 Å². The van der Waals surface area contributed by atoms with E-state index in [0.29, 0.717) is 13.1 Å². The molecule has 0 saturated carbocycles. The number of benzene rings is 1. The van der Waals surface area contributed by atoms with Gasteiger partial charge in [-0.15, -0.1) is 24.0 Å². The summed E-state index contributed by atoms with van der Waals surface area (Å²) in [6.07, 6.45) is 0. The Morgan fingerprint density at radius 2 is 1.47 bits per heavy atom. The number of aliphatic imine (C=N–C) groups is 1. The van der Waals surface area contributed by atoms with Crippen LogP contribution in [0.4, 0.5) is 5.69 Å². The molecule has 0 spiro atoms. The molecule has 2 amide bonds. The van der Waals surface area contributed by atoms with Gasteiger partial charge in [-0.05, 0) is 19.1 Å². The molecule has 9 heteroatoms. The summed E-state index contributed by atoms with van der Waals surface area (Å²) in [4.78, 5) is 37.0. The minimum Gasteiger partial charge on any atom is -0.368 e. The number of anilines is 1. The van der Waals surface area contributed by atoms with Gasteiger partial charge in [0.05, 0.1) is 0 Å². The van der Waals surface area contributed by atoms with Gasteiger partial charge in [0.1, 0.15) is 6.54 Å². The molecule has 3 rings (SSSR count). The van der Waals surface area contributed by atoms with Crippen LogP contribution in [0.3, 0.4) is 0 Å². The number of rotatable bonds is 4. The number of guanidine groups is 1. The van der Waals surface area contributed by atoms with Crippen molar-refractivity contribution in [2.45, 2.75) is 13.8 Å². The van der Waals surface area contributed by atoms with Gasteiger partial charge in [0.25, 0.3) is 0 Å². The molecule has 2 aliphatic heterocycles. The average Bonchev–Trinajstić information content (AvgIpc) is 2.77. The lowest BCUT2D eigenvalue weighted by molar-refractivity contribution is -0.130. The molecule has 1 aromatic carbocycles. The Bertz CT molecular complexity index is 713. The van der Waals surface area contributed by atoms with Crippen LogP contribution in [-0.2, 0) is 9.59 Å². The summed E-state index contributed by atoms with van der Waals surface area (Å²) in [7, 11) is 0. The van der Waals surface area contributed by atoms with E-state index in [9.17, 15) is 9.59 Å². The van der Waals surface area contributed by atoms with E-state index >= 15 is 0 Å². The van der Waals surface area contributed by atoms with Crippen LogP contribution in [-0.4, -0.2) is 97.9 Å². The van der Waals surface area contributed by atoms with E-state index in [1.54, 1.807) is 6.92 Å². The van der Waals surface area contributed by atoms with Gasteiger partial charge in [-0.3, -0.25) is 9.59 Å². The number of nitrogens with one attached hydrogen (secondary N) is 1. The number of piperazine rings is 2. The molecule has 166 valence electrons. The summed E-state index contributed by atoms with van der Waals surface area (Å²) in [6.45, 7) is 10.5. The number of para-hydroxylation sites is 1. The molecule has 0 atom stereocenters. The molecule has 2 saturated heterocycles. The number of hydrogen-bond donors (Lipinski definition) is 1. The van der Waals surface area contributed by atoms with Crippen molar-refractivity contribution >= 4 is 47.4 Å². The lowest BCUT2D eigenvalue weighted by atomic mass is 10.2. The zero-order valence-electron chi connectivity index (χ0n) is 17.9. The van der Waals surface area contributed by atoms with Crippen molar-refractivity contribution in [2.75, 3.05) is 70.3 Å². The first-order chi connectivity index (χ1) is 14.1. The summed E-state index contributed by atoms with van der Waals surface area (Å²) in [5.74, 6) is 0.930. The first kappa shape index (κ1) is 24.2. The summed E-state index contributed by atoms with van der Waals surface area (Å²) < 4.78 is 0. The van der Waals surface area contributed by atoms with E-state index < -0.39 is 0 Å². The Morgan fingerprint density at radius 3 is 2.03 bits per heavy atom. The zero-order chi connectivity index (χ0) is 20.6. The fraction of sp³-hybridized carbons (Fsp3) is 0.571. The molecule has 2 fully saturated rings. The second kappa shape index (κ2) is 12.0. The van der Waals surface area contributed by atoms with Gasteiger partial charge < -0.3 is 24.9 Å². The lowest BCUT2D eigenvalue weighted by Crippen LogP contribution is -2.54. The van der Waals surface area contributed by atoms with Gasteiger partial charge in [-0.2, -0.15) is 0 Å². The van der Waals surface area contributed by atoms with Crippen LogP contribution in [0.1, 0.15) is 13.8 Å². The Labute approximate surface area is 196 Å². The van der Waals surface area contributed by atoms with Gasteiger partial charge >= 0.3 is 0 Å². The van der Waals surface area contributed by atoms with Crippen LogP contribution < -0.4 is 10.2 Å². The smallest absolute Gasteiger partial charge is 0.244 e. The molecular weight excluding hydrogens is 495 g/mol. The SMILES string of the molecule is CCNC(=NCC(=O)N1CCN(c2ccccc2)CC1)N1CCN(C(C)=O)CC1.I. The topological polar surface area (TPSA) is 71.5 Å². The predicted octanol–water partition coefficient (Wildman–Crippen LogP) is 1.08. The Morgan fingerprint density at radius 1 is 0.900 bits per heavy atom. The summed E-state index contributed by atoms with van der Waals surface area (Å²) in [5, 5.41) is 3.28. The van der Waals surface area contributed by atoms with Gasteiger partial charge in [0, 0.05) is 71.5 Å². The maximum absolute atomic E-state index is 12.7. The molecule has 1 N–H and O–H groups in total. The molecule has 0 bridgehead atoms. The molecule has 1 aromatic rings. The molecule has 2 heterocycles. The first-order valence-electron chi connectivity index (χ1n) is 10.4. The van der Waals surface area contributed by atoms with Crippen molar-refractivity contribution in [3.05, 3.63) is 30.3 Å². The molecule has 0 radical (unpaired) electrons. The van der Waals surface area contributed by atoms with Crippen LogP contribution in [0.2, 0.25) is 0 Å². The Kier molecular flexibility index (Phi) is 9.67. The lowest BCUT2D eigenvalue weighted by Gasteiger charge is -2.37. The normalized spacial score (nSPS) is 17.5. The Balaban J connectivity index is 0.00000320. The second-order valence-electron chi connectivity index (χ2n) is 7.37. The van der Waals surface area contributed by atoms with Crippen molar-refractivity contribution in [2.24, 2.45) is 4.99 Å². The predicted molar refractivity (Wildman–Crippen MR) is 130 cm³/mol. The fourth-order valence-electron chi connectivity index (χ4n) is 3.75. The molecule has 2 aliphatic rings. The van der Waals surface area contributed by atoms with Crippen LogP contribution in [0.25, 0.3) is 0 Å². The van der Waals surface area contributed by atoms with Crippen LogP contribution in [0, 0.1) is 0 Å². The van der Waals surface area contributed by atoms with E-state index in [0.717, 1.165) is 51.8 Å². The number of amides is 2.